The lowest BCUT2D eigenvalue weighted by atomic mass is 9.98. The van der Waals surface area contributed by atoms with Crippen LogP contribution in [-0.2, 0) is 11.2 Å². The number of nitrogens with zero attached hydrogens (tertiary/aromatic N) is 2. The van der Waals surface area contributed by atoms with Gasteiger partial charge in [0.2, 0.25) is 0 Å². The number of rotatable bonds is 8. The maximum absolute atomic E-state index is 12.1. The minimum Gasteiger partial charge on any atom is -0.299 e. The number of hydrogen-bond donors (Lipinski definition) is 0. The van der Waals surface area contributed by atoms with Gasteiger partial charge in [-0.05, 0) is 44.4 Å². The number of carbonyl (C=O) groups is 2. The average Bonchev–Trinajstić information content (AvgIpc) is 3.13. The fourth-order valence-electron chi connectivity index (χ4n) is 4.28. The highest BCUT2D eigenvalue weighted by Gasteiger charge is 2.42. The molecule has 25 heavy (non-hydrogen) atoms. The minimum atomic E-state index is 0.0494. The van der Waals surface area contributed by atoms with E-state index in [0.717, 1.165) is 38.0 Å². The van der Waals surface area contributed by atoms with E-state index in [0.29, 0.717) is 18.6 Å². The molecule has 136 valence electrons. The average molecular weight is 342 g/mol. The second-order valence-electron chi connectivity index (χ2n) is 7.99. The van der Waals surface area contributed by atoms with Gasteiger partial charge >= 0.3 is 0 Å². The maximum atomic E-state index is 12.1. The van der Waals surface area contributed by atoms with Crippen molar-refractivity contribution < 1.29 is 9.59 Å². The van der Waals surface area contributed by atoms with E-state index in [1.54, 1.807) is 6.92 Å². The van der Waals surface area contributed by atoms with E-state index in [1.807, 2.05) is 26.0 Å². The number of piperazine rings is 1. The van der Waals surface area contributed by atoms with E-state index >= 15 is 0 Å². The molecule has 0 amide bonds. The van der Waals surface area contributed by atoms with Crippen LogP contribution in [0.1, 0.15) is 49.5 Å². The van der Waals surface area contributed by atoms with Gasteiger partial charge in [0.15, 0.2) is 5.78 Å². The second kappa shape index (κ2) is 7.79. The van der Waals surface area contributed by atoms with Crippen LogP contribution in [0, 0.1) is 5.92 Å². The molecule has 0 unspecified atom stereocenters. The number of ketones is 2. The summed E-state index contributed by atoms with van der Waals surface area (Å²) in [4.78, 5) is 28.4. The SMILES string of the molecule is CC(=O)CN1C[C@@H]2C[C@H]1CN2CCCc1cccc(C(=O)C(C)C)c1. The van der Waals surface area contributed by atoms with Crippen LogP contribution in [0.25, 0.3) is 0 Å². The third-order valence-electron chi connectivity index (χ3n) is 5.54. The van der Waals surface area contributed by atoms with Crippen molar-refractivity contribution in [1.82, 2.24) is 9.80 Å². The fraction of sp³-hybridized carbons (Fsp3) is 0.619. The number of carbonyl (C=O) groups excluding carboxylic acids is 2. The Morgan fingerprint density at radius 2 is 1.88 bits per heavy atom. The van der Waals surface area contributed by atoms with Gasteiger partial charge in [0.05, 0.1) is 6.54 Å². The van der Waals surface area contributed by atoms with Crippen molar-refractivity contribution in [2.45, 2.75) is 52.1 Å². The maximum Gasteiger partial charge on any atom is 0.165 e. The first-order chi connectivity index (χ1) is 11.9. The van der Waals surface area contributed by atoms with Crippen LogP contribution in [0.2, 0.25) is 0 Å². The summed E-state index contributed by atoms with van der Waals surface area (Å²) in [5, 5.41) is 0. The predicted molar refractivity (Wildman–Crippen MR) is 100.0 cm³/mol. The van der Waals surface area contributed by atoms with Crippen LogP contribution < -0.4 is 0 Å². The molecular weight excluding hydrogens is 312 g/mol. The van der Waals surface area contributed by atoms with Crippen LogP contribution in [0.15, 0.2) is 24.3 Å². The molecule has 4 nitrogen and oxygen atoms in total. The zero-order valence-electron chi connectivity index (χ0n) is 15.7. The number of likely N-dealkylation sites (tertiary alicyclic amines) is 2. The molecule has 1 aromatic rings. The van der Waals surface area contributed by atoms with Crippen LogP contribution in [0.3, 0.4) is 0 Å². The number of aryl methyl sites for hydroxylation is 1. The van der Waals surface area contributed by atoms with Gasteiger partial charge in [0.25, 0.3) is 0 Å². The first kappa shape index (κ1) is 18.3. The van der Waals surface area contributed by atoms with Crippen molar-refractivity contribution in [3.63, 3.8) is 0 Å². The number of hydrogen-bond acceptors (Lipinski definition) is 4. The molecule has 0 N–H and O–H groups in total. The molecule has 3 rings (SSSR count). The van der Waals surface area contributed by atoms with Gasteiger partial charge in [0, 0.05) is 36.7 Å². The fourth-order valence-corrected chi connectivity index (χ4v) is 4.28. The Kier molecular flexibility index (Phi) is 5.70. The topological polar surface area (TPSA) is 40.6 Å². The summed E-state index contributed by atoms with van der Waals surface area (Å²) >= 11 is 0. The zero-order chi connectivity index (χ0) is 18.0. The molecule has 2 bridgehead atoms. The van der Waals surface area contributed by atoms with E-state index in [-0.39, 0.29) is 17.5 Å². The molecule has 1 aromatic carbocycles. The Morgan fingerprint density at radius 1 is 1.16 bits per heavy atom. The molecule has 2 saturated heterocycles. The monoisotopic (exact) mass is 342 g/mol. The zero-order valence-corrected chi connectivity index (χ0v) is 15.7. The van der Waals surface area contributed by atoms with Crippen LogP contribution >= 0.6 is 0 Å². The molecule has 2 fully saturated rings. The van der Waals surface area contributed by atoms with Crippen molar-refractivity contribution in [2.75, 3.05) is 26.2 Å². The van der Waals surface area contributed by atoms with Crippen molar-refractivity contribution in [1.29, 1.82) is 0 Å². The highest BCUT2D eigenvalue weighted by molar-refractivity contribution is 5.97. The third-order valence-corrected chi connectivity index (χ3v) is 5.54. The van der Waals surface area contributed by atoms with Crippen LogP contribution in [0.5, 0.6) is 0 Å². The molecule has 0 radical (unpaired) electrons. The lowest BCUT2D eigenvalue weighted by Gasteiger charge is -2.33. The standard InChI is InChI=1S/C21H30N2O2/c1-15(2)21(25)18-8-4-6-17(10-18)7-5-9-22-13-20-11-19(22)14-23(20)12-16(3)24/h4,6,8,10,15,19-20H,5,7,9,11-14H2,1-3H3/t19-,20-/m0/s1. The molecule has 2 aliphatic heterocycles. The van der Waals surface area contributed by atoms with E-state index in [9.17, 15) is 9.59 Å². The second-order valence-corrected chi connectivity index (χ2v) is 7.99. The summed E-state index contributed by atoms with van der Waals surface area (Å²) in [7, 11) is 0. The number of Topliss-reactive ketones (excluding diaryl/α,β-unsaturated/α-hetero) is 2. The summed E-state index contributed by atoms with van der Waals surface area (Å²) in [5.41, 5.74) is 2.10. The Hall–Kier alpha value is -1.52. The minimum absolute atomic E-state index is 0.0494. The molecule has 2 atom stereocenters. The highest BCUT2D eigenvalue weighted by Crippen LogP contribution is 2.30. The Labute approximate surface area is 151 Å². The van der Waals surface area contributed by atoms with Crippen LogP contribution in [0.4, 0.5) is 0 Å². The highest BCUT2D eigenvalue weighted by atomic mass is 16.1. The molecule has 0 aromatic heterocycles. The van der Waals surface area contributed by atoms with Crippen molar-refractivity contribution >= 4 is 11.6 Å². The lowest BCUT2D eigenvalue weighted by Crippen LogP contribution is -2.47. The van der Waals surface area contributed by atoms with Crippen molar-refractivity contribution in [3.8, 4) is 0 Å². The van der Waals surface area contributed by atoms with Gasteiger partial charge in [-0.2, -0.15) is 0 Å². The number of fused-ring (bicyclic) bond motifs is 2. The predicted octanol–water partition coefficient (Wildman–Crippen LogP) is 2.81. The van der Waals surface area contributed by atoms with E-state index in [1.165, 1.54) is 12.0 Å². The largest absolute Gasteiger partial charge is 0.299 e. The molecular formula is C21H30N2O2. The smallest absolute Gasteiger partial charge is 0.165 e. The van der Waals surface area contributed by atoms with E-state index in [4.69, 9.17) is 0 Å². The number of benzene rings is 1. The van der Waals surface area contributed by atoms with Gasteiger partial charge in [-0.15, -0.1) is 0 Å². The Bertz CT molecular complexity index is 641. The van der Waals surface area contributed by atoms with E-state index < -0.39 is 0 Å². The third kappa shape index (κ3) is 4.36. The summed E-state index contributed by atoms with van der Waals surface area (Å²) in [6.07, 6.45) is 3.35. The Balaban J connectivity index is 1.46. The Morgan fingerprint density at radius 3 is 2.52 bits per heavy atom. The lowest BCUT2D eigenvalue weighted by molar-refractivity contribution is -0.118. The van der Waals surface area contributed by atoms with Crippen molar-refractivity contribution in [3.05, 3.63) is 35.4 Å². The first-order valence-electron chi connectivity index (χ1n) is 9.54. The molecule has 0 aliphatic carbocycles. The summed E-state index contributed by atoms with van der Waals surface area (Å²) < 4.78 is 0. The van der Waals surface area contributed by atoms with Crippen LogP contribution in [-0.4, -0.2) is 59.6 Å². The summed E-state index contributed by atoms with van der Waals surface area (Å²) in [6, 6.07) is 9.31. The van der Waals surface area contributed by atoms with Gasteiger partial charge in [-0.3, -0.25) is 19.4 Å². The normalized spacial score (nSPS) is 23.5. The first-order valence-corrected chi connectivity index (χ1v) is 9.54. The van der Waals surface area contributed by atoms with Gasteiger partial charge in [0.1, 0.15) is 5.78 Å². The van der Waals surface area contributed by atoms with Gasteiger partial charge < -0.3 is 0 Å². The summed E-state index contributed by atoms with van der Waals surface area (Å²) in [6.45, 7) is 9.46. The van der Waals surface area contributed by atoms with Gasteiger partial charge in [-0.25, -0.2) is 0 Å². The molecule has 0 saturated carbocycles. The summed E-state index contributed by atoms with van der Waals surface area (Å²) in [5.74, 6) is 0.549. The molecule has 4 heteroatoms. The van der Waals surface area contributed by atoms with E-state index in [2.05, 4.69) is 21.9 Å². The quantitative estimate of drug-likeness (QED) is 0.681. The van der Waals surface area contributed by atoms with Gasteiger partial charge in [-0.1, -0.05) is 32.0 Å². The molecule has 2 aliphatic rings. The molecule has 0 spiro atoms. The van der Waals surface area contributed by atoms with Crippen molar-refractivity contribution in [2.24, 2.45) is 5.92 Å². The molecule has 2 heterocycles.